The number of rotatable bonds is 4. The number of benzene rings is 2. The first-order chi connectivity index (χ1) is 13.1. The summed E-state index contributed by atoms with van der Waals surface area (Å²) in [5.41, 5.74) is -2.46. The van der Waals surface area contributed by atoms with Crippen molar-refractivity contribution in [2.75, 3.05) is 14.2 Å². The van der Waals surface area contributed by atoms with E-state index in [-0.39, 0.29) is 12.1 Å². The molecule has 0 N–H and O–H groups in total. The summed E-state index contributed by atoms with van der Waals surface area (Å²) >= 11 is 0. The highest BCUT2D eigenvalue weighted by atomic mass is 19.2. The quantitative estimate of drug-likeness (QED) is 0.333. The van der Waals surface area contributed by atoms with Crippen LogP contribution in [-0.4, -0.2) is 26.2 Å². The van der Waals surface area contributed by atoms with Gasteiger partial charge in [-0.3, -0.25) is 0 Å². The molecular weight excluding hydrogens is 402 g/mol. The molecule has 0 saturated heterocycles. The van der Waals surface area contributed by atoms with Gasteiger partial charge in [0.2, 0.25) is 11.6 Å². The molecule has 150 valence electrons. The molecule has 12 heteroatoms. The van der Waals surface area contributed by atoms with Crippen molar-refractivity contribution in [2.24, 2.45) is 0 Å². The number of hydrogen-bond donors (Lipinski definition) is 0. The van der Waals surface area contributed by atoms with Crippen LogP contribution >= 0.6 is 0 Å². The summed E-state index contributed by atoms with van der Waals surface area (Å²) in [6.45, 7) is 0. The van der Waals surface area contributed by atoms with Gasteiger partial charge < -0.3 is 9.47 Å². The molecule has 6 nitrogen and oxygen atoms in total. The van der Waals surface area contributed by atoms with Crippen molar-refractivity contribution in [3.63, 3.8) is 0 Å². The third-order valence-electron chi connectivity index (χ3n) is 3.27. The SMILES string of the molecule is COc1c(F)c(F)cc(C(=O)OOC(=O)c2cc(F)c(F)c(OC)c2F)c1F. The maximum atomic E-state index is 13.9. The molecule has 28 heavy (non-hydrogen) atoms. The molecule has 2 rings (SSSR count). The number of ether oxygens (including phenoxy) is 2. The lowest BCUT2D eigenvalue weighted by Crippen LogP contribution is -2.16. The summed E-state index contributed by atoms with van der Waals surface area (Å²) in [5.74, 6) is -16.4. The topological polar surface area (TPSA) is 71.1 Å². The second-order valence-electron chi connectivity index (χ2n) is 4.88. The number of methoxy groups -OCH3 is 2. The van der Waals surface area contributed by atoms with Crippen LogP contribution in [0.15, 0.2) is 12.1 Å². The first-order valence-corrected chi connectivity index (χ1v) is 7.00. The number of halogens is 6. The summed E-state index contributed by atoms with van der Waals surface area (Å²) in [6, 6.07) is 0.176. The zero-order valence-electron chi connectivity index (χ0n) is 13.9. The van der Waals surface area contributed by atoms with Crippen molar-refractivity contribution >= 4 is 11.9 Å². The van der Waals surface area contributed by atoms with Crippen LogP contribution in [0.1, 0.15) is 20.7 Å². The van der Waals surface area contributed by atoms with Gasteiger partial charge in [-0.25, -0.2) is 36.9 Å². The number of carbonyl (C=O) groups is 2. The van der Waals surface area contributed by atoms with Crippen LogP contribution in [0, 0.1) is 34.9 Å². The zero-order valence-corrected chi connectivity index (χ0v) is 13.9. The summed E-state index contributed by atoms with van der Waals surface area (Å²) in [4.78, 5) is 31.3. The molecule has 0 aliphatic heterocycles. The van der Waals surface area contributed by atoms with Crippen molar-refractivity contribution in [3.8, 4) is 11.5 Å². The van der Waals surface area contributed by atoms with Gasteiger partial charge in [0.25, 0.3) is 0 Å². The van der Waals surface area contributed by atoms with E-state index < -0.39 is 69.5 Å². The lowest BCUT2D eigenvalue weighted by Gasteiger charge is -2.10. The van der Waals surface area contributed by atoms with Crippen LogP contribution in [0.5, 0.6) is 11.5 Å². The Hall–Kier alpha value is -3.44. The Morgan fingerprint density at radius 3 is 1.25 bits per heavy atom. The molecule has 0 unspecified atom stereocenters. The van der Waals surface area contributed by atoms with Crippen LogP contribution in [0.3, 0.4) is 0 Å². The smallest absolute Gasteiger partial charge is 0.389 e. The second-order valence-corrected chi connectivity index (χ2v) is 4.88. The Labute approximate surface area is 152 Å². The van der Waals surface area contributed by atoms with Gasteiger partial charge in [0.1, 0.15) is 11.1 Å². The highest BCUT2D eigenvalue weighted by Crippen LogP contribution is 2.29. The van der Waals surface area contributed by atoms with E-state index in [9.17, 15) is 35.9 Å². The average Bonchev–Trinajstić information content (AvgIpc) is 2.66. The van der Waals surface area contributed by atoms with E-state index in [1.165, 1.54) is 0 Å². The molecule has 0 radical (unpaired) electrons. The van der Waals surface area contributed by atoms with Gasteiger partial charge >= 0.3 is 11.9 Å². The van der Waals surface area contributed by atoms with E-state index in [4.69, 9.17) is 0 Å². The minimum absolute atomic E-state index is 0.0878. The molecule has 0 atom stereocenters. The monoisotopic (exact) mass is 410 g/mol. The van der Waals surface area contributed by atoms with E-state index in [1.807, 2.05) is 0 Å². The molecule has 0 spiro atoms. The third kappa shape index (κ3) is 3.66. The molecular formula is C16H8F6O6. The average molecular weight is 410 g/mol. The molecule has 0 bridgehead atoms. The molecule has 0 heterocycles. The molecule has 0 aliphatic rings. The lowest BCUT2D eigenvalue weighted by atomic mass is 10.2. The molecule has 0 aliphatic carbocycles. The van der Waals surface area contributed by atoms with Gasteiger partial charge in [0, 0.05) is 0 Å². The Kier molecular flexibility index (Phi) is 6.01. The van der Waals surface area contributed by atoms with Crippen LogP contribution in [0.25, 0.3) is 0 Å². The maximum Gasteiger partial charge on any atom is 0.389 e. The largest absolute Gasteiger partial charge is 0.491 e. The van der Waals surface area contributed by atoms with E-state index in [1.54, 1.807) is 0 Å². The van der Waals surface area contributed by atoms with Gasteiger partial charge in [0.15, 0.2) is 34.8 Å². The Morgan fingerprint density at radius 2 is 0.964 bits per heavy atom. The predicted octanol–water partition coefficient (Wildman–Crippen LogP) is 3.47. The van der Waals surface area contributed by atoms with Crippen molar-refractivity contribution in [1.82, 2.24) is 0 Å². The Bertz CT molecular complexity index is 884. The van der Waals surface area contributed by atoms with E-state index in [2.05, 4.69) is 19.2 Å². The maximum absolute atomic E-state index is 13.9. The van der Waals surface area contributed by atoms with Gasteiger partial charge in [-0.05, 0) is 12.1 Å². The number of carbonyl (C=O) groups excluding carboxylic acids is 2. The molecule has 2 aromatic rings. The minimum atomic E-state index is -1.84. The van der Waals surface area contributed by atoms with Gasteiger partial charge in [-0.15, -0.1) is 0 Å². The van der Waals surface area contributed by atoms with Gasteiger partial charge in [-0.2, -0.15) is 8.78 Å². The first kappa shape index (κ1) is 20.9. The van der Waals surface area contributed by atoms with E-state index in [0.717, 1.165) is 14.2 Å². The van der Waals surface area contributed by atoms with Gasteiger partial charge in [-0.1, -0.05) is 0 Å². The fourth-order valence-electron chi connectivity index (χ4n) is 1.98. The summed E-state index contributed by atoms with van der Waals surface area (Å²) in [6.07, 6.45) is 0. The van der Waals surface area contributed by atoms with Crippen molar-refractivity contribution in [3.05, 3.63) is 58.2 Å². The molecule has 2 aromatic carbocycles. The van der Waals surface area contributed by atoms with E-state index >= 15 is 0 Å². The highest BCUT2D eigenvalue weighted by Gasteiger charge is 2.28. The first-order valence-electron chi connectivity index (χ1n) is 7.00. The Morgan fingerprint density at radius 1 is 0.643 bits per heavy atom. The fraction of sp³-hybridized carbons (Fsp3) is 0.125. The van der Waals surface area contributed by atoms with Gasteiger partial charge in [0.05, 0.1) is 14.2 Å². The third-order valence-corrected chi connectivity index (χ3v) is 3.27. The van der Waals surface area contributed by atoms with Crippen LogP contribution in [-0.2, 0) is 9.78 Å². The van der Waals surface area contributed by atoms with Crippen LogP contribution in [0.2, 0.25) is 0 Å². The second kappa shape index (κ2) is 8.06. The van der Waals surface area contributed by atoms with Crippen molar-refractivity contribution in [1.29, 1.82) is 0 Å². The molecule has 0 saturated carbocycles. The summed E-state index contributed by atoms with van der Waals surface area (Å²) < 4.78 is 89.8. The van der Waals surface area contributed by atoms with Crippen molar-refractivity contribution < 1.29 is 55.2 Å². The fourth-order valence-corrected chi connectivity index (χ4v) is 1.98. The number of hydrogen-bond acceptors (Lipinski definition) is 6. The zero-order chi connectivity index (χ0) is 21.2. The van der Waals surface area contributed by atoms with Crippen LogP contribution in [0.4, 0.5) is 26.3 Å². The molecule has 0 fully saturated rings. The van der Waals surface area contributed by atoms with E-state index in [0.29, 0.717) is 0 Å². The molecule has 0 amide bonds. The molecule has 0 aromatic heterocycles. The summed E-state index contributed by atoms with van der Waals surface area (Å²) in [7, 11) is 1.57. The van der Waals surface area contributed by atoms with Crippen LogP contribution < -0.4 is 9.47 Å². The minimum Gasteiger partial charge on any atom is -0.491 e. The van der Waals surface area contributed by atoms with Crippen molar-refractivity contribution in [2.45, 2.75) is 0 Å². The highest BCUT2D eigenvalue weighted by molar-refractivity contribution is 5.93. The lowest BCUT2D eigenvalue weighted by molar-refractivity contribution is -0.188. The normalized spacial score (nSPS) is 10.4. The standard InChI is InChI=1S/C16H8F6O6/c1-25-13-9(19)5(3-7(17)11(13)21)15(23)27-28-16(24)6-4-8(18)12(22)14(26-2)10(6)20/h3-4H,1-2H3. The predicted molar refractivity (Wildman–Crippen MR) is 76.6 cm³/mol. The Balaban J connectivity index is 2.26. The summed E-state index contributed by atoms with van der Waals surface area (Å²) in [5, 5.41) is 0.